The third kappa shape index (κ3) is 3.02. The standard InChI is InChI=1S/C17H27N7O3/c1-11(2)24-10-18-20-13(24)12(3)19-15(26)23-8-6-17(7-9-23)14(25)21(4)16(27)22(17)5/h10-12H,6-9H2,1-5H3,(H,19,26). The Balaban J connectivity index is 1.63. The summed E-state index contributed by atoms with van der Waals surface area (Å²) in [6.45, 7) is 6.74. The largest absolute Gasteiger partial charge is 0.328 e. The van der Waals surface area contributed by atoms with Gasteiger partial charge in [-0.25, -0.2) is 9.59 Å². The van der Waals surface area contributed by atoms with Crippen molar-refractivity contribution in [3.8, 4) is 0 Å². The Morgan fingerprint density at radius 1 is 1.19 bits per heavy atom. The fraction of sp³-hybridized carbons (Fsp3) is 0.706. The SMILES string of the molecule is CC(NC(=O)N1CCC2(CC1)C(=O)N(C)C(=O)N2C)c1nncn1C(C)C. The van der Waals surface area contributed by atoms with Crippen molar-refractivity contribution in [3.63, 3.8) is 0 Å². The van der Waals surface area contributed by atoms with E-state index in [2.05, 4.69) is 15.5 Å². The van der Waals surface area contributed by atoms with Gasteiger partial charge in [0.25, 0.3) is 5.91 Å². The van der Waals surface area contributed by atoms with E-state index in [1.807, 2.05) is 25.3 Å². The molecule has 0 aromatic carbocycles. The molecule has 3 heterocycles. The number of hydrogen-bond donors (Lipinski definition) is 1. The van der Waals surface area contributed by atoms with Crippen LogP contribution in [0.3, 0.4) is 0 Å². The number of nitrogens with one attached hydrogen (secondary N) is 1. The van der Waals surface area contributed by atoms with E-state index in [1.54, 1.807) is 18.3 Å². The minimum Gasteiger partial charge on any atom is -0.328 e. The van der Waals surface area contributed by atoms with Crippen LogP contribution in [0.15, 0.2) is 6.33 Å². The van der Waals surface area contributed by atoms with E-state index in [4.69, 9.17) is 0 Å². The lowest BCUT2D eigenvalue weighted by Gasteiger charge is -2.40. The van der Waals surface area contributed by atoms with Gasteiger partial charge in [-0.15, -0.1) is 10.2 Å². The van der Waals surface area contributed by atoms with Crippen LogP contribution in [0, 0.1) is 0 Å². The summed E-state index contributed by atoms with van der Waals surface area (Å²) in [5.41, 5.74) is -0.827. The van der Waals surface area contributed by atoms with E-state index in [9.17, 15) is 14.4 Å². The number of carbonyl (C=O) groups excluding carboxylic acids is 3. The lowest BCUT2D eigenvalue weighted by molar-refractivity contribution is -0.134. The summed E-state index contributed by atoms with van der Waals surface area (Å²) < 4.78 is 1.92. The first-order chi connectivity index (χ1) is 12.7. The zero-order chi connectivity index (χ0) is 19.9. The van der Waals surface area contributed by atoms with Gasteiger partial charge in [0.1, 0.15) is 11.9 Å². The highest BCUT2D eigenvalue weighted by Crippen LogP contribution is 2.35. The maximum absolute atomic E-state index is 12.7. The van der Waals surface area contributed by atoms with E-state index in [-0.39, 0.29) is 30.1 Å². The molecule has 1 N–H and O–H groups in total. The number of rotatable bonds is 3. The molecular formula is C17H27N7O3. The van der Waals surface area contributed by atoms with Crippen molar-refractivity contribution in [1.82, 2.24) is 34.8 Å². The second-order valence-corrected chi connectivity index (χ2v) is 7.59. The van der Waals surface area contributed by atoms with Crippen LogP contribution in [-0.2, 0) is 4.79 Å². The monoisotopic (exact) mass is 377 g/mol. The Kier molecular flexibility index (Phi) is 4.83. The molecule has 27 heavy (non-hydrogen) atoms. The first-order valence-corrected chi connectivity index (χ1v) is 9.20. The van der Waals surface area contributed by atoms with Crippen molar-refractivity contribution in [3.05, 3.63) is 12.2 Å². The molecule has 3 rings (SSSR count). The second kappa shape index (κ2) is 6.82. The van der Waals surface area contributed by atoms with Gasteiger partial charge in [0.15, 0.2) is 5.82 Å². The number of nitrogens with zero attached hydrogens (tertiary/aromatic N) is 6. The average molecular weight is 377 g/mol. The number of piperidine rings is 1. The smallest absolute Gasteiger partial charge is 0.327 e. The molecule has 10 nitrogen and oxygen atoms in total. The number of likely N-dealkylation sites (tertiary alicyclic amines) is 1. The Morgan fingerprint density at radius 3 is 2.33 bits per heavy atom. The molecule has 2 aliphatic rings. The van der Waals surface area contributed by atoms with Crippen molar-refractivity contribution in [2.24, 2.45) is 0 Å². The van der Waals surface area contributed by atoms with Crippen LogP contribution < -0.4 is 5.32 Å². The van der Waals surface area contributed by atoms with Gasteiger partial charge >= 0.3 is 12.1 Å². The van der Waals surface area contributed by atoms with Crippen LogP contribution in [-0.4, -0.2) is 80.2 Å². The number of imide groups is 1. The van der Waals surface area contributed by atoms with E-state index >= 15 is 0 Å². The van der Waals surface area contributed by atoms with Crippen LogP contribution in [0.2, 0.25) is 0 Å². The Hall–Kier alpha value is -2.65. The summed E-state index contributed by atoms with van der Waals surface area (Å²) in [6, 6.07) is -0.590. The van der Waals surface area contributed by atoms with Gasteiger partial charge < -0.3 is 19.7 Å². The lowest BCUT2D eigenvalue weighted by Crippen LogP contribution is -2.57. The molecule has 1 spiro atoms. The first kappa shape index (κ1) is 19.1. The normalized spacial score (nSPS) is 20.7. The molecule has 0 bridgehead atoms. The van der Waals surface area contributed by atoms with Crippen molar-refractivity contribution < 1.29 is 14.4 Å². The highest BCUT2D eigenvalue weighted by molar-refractivity contribution is 6.06. The van der Waals surface area contributed by atoms with Gasteiger partial charge in [0, 0.05) is 33.2 Å². The second-order valence-electron chi connectivity index (χ2n) is 7.59. The van der Waals surface area contributed by atoms with Crippen LogP contribution in [0.1, 0.15) is 51.5 Å². The van der Waals surface area contributed by atoms with Gasteiger partial charge in [-0.05, 0) is 33.6 Å². The molecule has 2 fully saturated rings. The van der Waals surface area contributed by atoms with Crippen molar-refractivity contribution in [1.29, 1.82) is 0 Å². The Morgan fingerprint density at radius 2 is 1.81 bits per heavy atom. The molecular weight excluding hydrogens is 350 g/mol. The van der Waals surface area contributed by atoms with Crippen molar-refractivity contribution in [2.45, 2.75) is 51.2 Å². The maximum Gasteiger partial charge on any atom is 0.327 e. The zero-order valence-electron chi connectivity index (χ0n) is 16.5. The van der Waals surface area contributed by atoms with Gasteiger partial charge in [-0.1, -0.05) is 0 Å². The van der Waals surface area contributed by atoms with Crippen molar-refractivity contribution >= 4 is 18.0 Å². The predicted molar refractivity (Wildman–Crippen MR) is 96.8 cm³/mol. The molecule has 2 saturated heterocycles. The fourth-order valence-corrected chi connectivity index (χ4v) is 3.88. The summed E-state index contributed by atoms with van der Waals surface area (Å²) in [7, 11) is 3.15. The molecule has 148 valence electrons. The van der Waals surface area contributed by atoms with Crippen LogP contribution >= 0.6 is 0 Å². The highest BCUT2D eigenvalue weighted by Gasteiger charge is 2.55. The topological polar surface area (TPSA) is 104 Å². The average Bonchev–Trinajstić information content (AvgIpc) is 3.20. The maximum atomic E-state index is 12.7. The van der Waals surface area contributed by atoms with Gasteiger partial charge in [0.2, 0.25) is 0 Å². The first-order valence-electron chi connectivity index (χ1n) is 9.20. The molecule has 0 saturated carbocycles. The third-order valence-corrected chi connectivity index (χ3v) is 5.68. The van der Waals surface area contributed by atoms with Gasteiger partial charge in [-0.3, -0.25) is 9.69 Å². The fourth-order valence-electron chi connectivity index (χ4n) is 3.88. The Labute approximate surface area is 158 Å². The van der Waals surface area contributed by atoms with E-state index in [0.29, 0.717) is 31.8 Å². The molecule has 0 aliphatic carbocycles. The zero-order valence-corrected chi connectivity index (χ0v) is 16.5. The highest BCUT2D eigenvalue weighted by atomic mass is 16.2. The summed E-state index contributed by atoms with van der Waals surface area (Å²) in [6.07, 6.45) is 2.52. The summed E-state index contributed by atoms with van der Waals surface area (Å²) in [5.74, 6) is 0.512. The van der Waals surface area contributed by atoms with Gasteiger partial charge in [-0.2, -0.15) is 0 Å². The summed E-state index contributed by atoms with van der Waals surface area (Å²) >= 11 is 0. The third-order valence-electron chi connectivity index (χ3n) is 5.68. The quantitative estimate of drug-likeness (QED) is 0.791. The molecule has 0 radical (unpaired) electrons. The number of amides is 5. The minimum atomic E-state index is -0.827. The van der Waals surface area contributed by atoms with Crippen LogP contribution in [0.5, 0.6) is 0 Å². The molecule has 1 aromatic heterocycles. The van der Waals surface area contributed by atoms with Crippen LogP contribution in [0.4, 0.5) is 9.59 Å². The number of hydrogen-bond acceptors (Lipinski definition) is 5. The molecule has 1 aromatic rings. The van der Waals surface area contributed by atoms with Crippen LogP contribution in [0.25, 0.3) is 0 Å². The molecule has 1 unspecified atom stereocenters. The van der Waals surface area contributed by atoms with Gasteiger partial charge in [0.05, 0.1) is 6.04 Å². The van der Waals surface area contributed by atoms with E-state index < -0.39 is 5.54 Å². The van der Waals surface area contributed by atoms with E-state index in [0.717, 1.165) is 4.90 Å². The molecule has 1 atom stereocenters. The Bertz CT molecular complexity index is 751. The molecule has 2 aliphatic heterocycles. The number of aromatic nitrogens is 3. The summed E-state index contributed by atoms with van der Waals surface area (Å²) in [4.78, 5) is 41.7. The predicted octanol–water partition coefficient (Wildman–Crippen LogP) is 0.988. The summed E-state index contributed by atoms with van der Waals surface area (Å²) in [5, 5.41) is 11.0. The molecule has 10 heteroatoms. The number of likely N-dealkylation sites (N-methyl/N-ethyl adjacent to an activating group) is 2. The van der Waals surface area contributed by atoms with Crippen molar-refractivity contribution in [2.75, 3.05) is 27.2 Å². The molecule has 5 amide bonds. The number of urea groups is 2. The van der Waals surface area contributed by atoms with E-state index in [1.165, 1.54) is 11.9 Å². The minimum absolute atomic E-state index is 0.187. The lowest BCUT2D eigenvalue weighted by atomic mass is 9.86. The number of carbonyl (C=O) groups is 3.